The first-order chi connectivity index (χ1) is 5.81. The van der Waals surface area contributed by atoms with E-state index in [2.05, 4.69) is 5.32 Å². The van der Waals surface area contributed by atoms with Crippen molar-refractivity contribution in [2.24, 2.45) is 0 Å². The fourth-order valence-electron chi connectivity index (χ4n) is 2.13. The summed E-state index contributed by atoms with van der Waals surface area (Å²) >= 11 is 0. The maximum atomic E-state index is 11.1. The van der Waals surface area contributed by atoms with Crippen molar-refractivity contribution in [3.63, 3.8) is 0 Å². The van der Waals surface area contributed by atoms with Crippen LogP contribution in [-0.2, 0) is 9.53 Å². The fraction of sp³-hybridized carbons (Fsp3) is 0.889. The van der Waals surface area contributed by atoms with Gasteiger partial charge in [-0.25, -0.2) is 0 Å². The van der Waals surface area contributed by atoms with Crippen LogP contribution < -0.4 is 5.32 Å². The number of carbonyl (C=O) groups is 1. The molecule has 12 heavy (non-hydrogen) atoms. The molecule has 0 aromatic rings. The minimum atomic E-state index is 0.0547. The van der Waals surface area contributed by atoms with Crippen LogP contribution >= 0.6 is 0 Å². The average molecular weight is 169 g/mol. The molecule has 0 saturated carbocycles. The zero-order valence-corrected chi connectivity index (χ0v) is 7.27. The van der Waals surface area contributed by atoms with E-state index in [9.17, 15) is 4.79 Å². The van der Waals surface area contributed by atoms with Crippen molar-refractivity contribution >= 4 is 5.91 Å². The molecule has 2 heterocycles. The summed E-state index contributed by atoms with van der Waals surface area (Å²) in [5.41, 5.74) is 0.0547. The van der Waals surface area contributed by atoms with Gasteiger partial charge in [0, 0.05) is 19.6 Å². The summed E-state index contributed by atoms with van der Waals surface area (Å²) in [5.74, 6) is 0.183. The van der Waals surface area contributed by atoms with Crippen LogP contribution in [0.5, 0.6) is 0 Å². The van der Waals surface area contributed by atoms with Gasteiger partial charge in [-0.1, -0.05) is 0 Å². The van der Waals surface area contributed by atoms with E-state index in [4.69, 9.17) is 4.74 Å². The Bertz CT molecular complexity index is 185. The molecule has 3 nitrogen and oxygen atoms in total. The molecule has 0 aromatic heterocycles. The number of rotatable bonds is 0. The standard InChI is InChI=1S/C9H15NO2/c11-8-2-4-9(5-6-10-8)3-1-7-12-9/h1-7H2,(H,10,11)/t9-/m1/s1. The Morgan fingerprint density at radius 3 is 3.00 bits per heavy atom. The second-order valence-electron chi connectivity index (χ2n) is 3.73. The second-order valence-corrected chi connectivity index (χ2v) is 3.73. The highest BCUT2D eigenvalue weighted by molar-refractivity contribution is 5.76. The Labute approximate surface area is 72.5 Å². The monoisotopic (exact) mass is 169 g/mol. The molecule has 2 saturated heterocycles. The Morgan fingerprint density at radius 2 is 2.25 bits per heavy atom. The summed E-state index contributed by atoms with van der Waals surface area (Å²) in [6, 6.07) is 0. The summed E-state index contributed by atoms with van der Waals surface area (Å²) in [6.45, 7) is 1.67. The van der Waals surface area contributed by atoms with E-state index in [0.29, 0.717) is 6.42 Å². The van der Waals surface area contributed by atoms with Gasteiger partial charge in [-0.2, -0.15) is 0 Å². The second kappa shape index (κ2) is 3.05. The van der Waals surface area contributed by atoms with Crippen LogP contribution in [0, 0.1) is 0 Å². The quantitative estimate of drug-likeness (QED) is 0.583. The Balaban J connectivity index is 2.01. The molecule has 2 aliphatic rings. The molecule has 0 bridgehead atoms. The number of nitrogens with one attached hydrogen (secondary N) is 1. The van der Waals surface area contributed by atoms with Gasteiger partial charge in [0.2, 0.25) is 5.91 Å². The molecule has 68 valence electrons. The summed E-state index contributed by atoms with van der Waals surface area (Å²) in [4.78, 5) is 11.1. The topological polar surface area (TPSA) is 38.3 Å². The third-order valence-electron chi connectivity index (χ3n) is 2.90. The predicted molar refractivity (Wildman–Crippen MR) is 44.8 cm³/mol. The predicted octanol–water partition coefficient (Wildman–Crippen LogP) is 0.836. The maximum absolute atomic E-state index is 11.1. The normalized spacial score (nSPS) is 36.5. The van der Waals surface area contributed by atoms with Crippen molar-refractivity contribution in [3.8, 4) is 0 Å². The highest BCUT2D eigenvalue weighted by Gasteiger charge is 2.36. The SMILES string of the molecule is O=C1CC[C@]2(CCCO2)CCN1. The minimum absolute atomic E-state index is 0.0547. The molecule has 3 heteroatoms. The molecule has 1 atom stereocenters. The van der Waals surface area contributed by atoms with Gasteiger partial charge in [-0.15, -0.1) is 0 Å². The van der Waals surface area contributed by atoms with Gasteiger partial charge in [-0.05, 0) is 25.7 Å². The summed E-state index contributed by atoms with van der Waals surface area (Å²) in [6.07, 6.45) is 4.85. The number of carbonyl (C=O) groups excluding carboxylic acids is 1. The van der Waals surface area contributed by atoms with Crippen molar-refractivity contribution in [2.45, 2.75) is 37.7 Å². The van der Waals surface area contributed by atoms with Crippen LogP contribution in [0.4, 0.5) is 0 Å². The third-order valence-corrected chi connectivity index (χ3v) is 2.90. The first-order valence-electron chi connectivity index (χ1n) is 4.71. The fourth-order valence-corrected chi connectivity index (χ4v) is 2.13. The van der Waals surface area contributed by atoms with Crippen LogP contribution in [0.25, 0.3) is 0 Å². The molecule has 2 fully saturated rings. The molecule has 2 aliphatic heterocycles. The van der Waals surface area contributed by atoms with Crippen molar-refractivity contribution in [2.75, 3.05) is 13.2 Å². The number of hydrogen-bond acceptors (Lipinski definition) is 2. The van der Waals surface area contributed by atoms with Gasteiger partial charge in [0.1, 0.15) is 0 Å². The molecule has 1 amide bonds. The molecule has 0 aromatic carbocycles. The molecular formula is C9H15NO2. The first-order valence-corrected chi connectivity index (χ1v) is 4.71. The minimum Gasteiger partial charge on any atom is -0.375 e. The van der Waals surface area contributed by atoms with E-state index in [1.165, 1.54) is 0 Å². The Kier molecular flexibility index (Phi) is 2.05. The van der Waals surface area contributed by atoms with Crippen molar-refractivity contribution < 1.29 is 9.53 Å². The number of amides is 1. The zero-order chi connectivity index (χ0) is 8.44. The third kappa shape index (κ3) is 1.46. The molecule has 0 unspecified atom stereocenters. The number of ether oxygens (including phenoxy) is 1. The van der Waals surface area contributed by atoms with Gasteiger partial charge < -0.3 is 10.1 Å². The Hall–Kier alpha value is -0.570. The molecule has 1 N–H and O–H groups in total. The van der Waals surface area contributed by atoms with Crippen LogP contribution in [0.1, 0.15) is 32.1 Å². The van der Waals surface area contributed by atoms with Crippen molar-refractivity contribution in [3.05, 3.63) is 0 Å². The van der Waals surface area contributed by atoms with Gasteiger partial charge in [0.15, 0.2) is 0 Å². The van der Waals surface area contributed by atoms with Gasteiger partial charge in [0.25, 0.3) is 0 Å². The molecule has 1 spiro atoms. The van der Waals surface area contributed by atoms with Crippen LogP contribution in [0.3, 0.4) is 0 Å². The van der Waals surface area contributed by atoms with Crippen molar-refractivity contribution in [1.29, 1.82) is 0 Å². The van der Waals surface area contributed by atoms with Crippen LogP contribution in [0.15, 0.2) is 0 Å². The van der Waals surface area contributed by atoms with E-state index >= 15 is 0 Å². The maximum Gasteiger partial charge on any atom is 0.220 e. The van der Waals surface area contributed by atoms with Gasteiger partial charge in [0.05, 0.1) is 5.60 Å². The zero-order valence-electron chi connectivity index (χ0n) is 7.27. The van der Waals surface area contributed by atoms with E-state index in [1.54, 1.807) is 0 Å². The van der Waals surface area contributed by atoms with Crippen LogP contribution in [0.2, 0.25) is 0 Å². The summed E-state index contributed by atoms with van der Waals surface area (Å²) in [7, 11) is 0. The lowest BCUT2D eigenvalue weighted by molar-refractivity contribution is -0.121. The van der Waals surface area contributed by atoms with Crippen LogP contribution in [-0.4, -0.2) is 24.7 Å². The number of hydrogen-bond donors (Lipinski definition) is 1. The van der Waals surface area contributed by atoms with Gasteiger partial charge >= 0.3 is 0 Å². The molecule has 0 radical (unpaired) electrons. The van der Waals surface area contributed by atoms with Gasteiger partial charge in [-0.3, -0.25) is 4.79 Å². The van der Waals surface area contributed by atoms with E-state index in [0.717, 1.165) is 38.8 Å². The smallest absolute Gasteiger partial charge is 0.220 e. The van der Waals surface area contributed by atoms with E-state index in [-0.39, 0.29) is 11.5 Å². The molecule has 0 aliphatic carbocycles. The lowest BCUT2D eigenvalue weighted by Gasteiger charge is -2.25. The largest absolute Gasteiger partial charge is 0.375 e. The van der Waals surface area contributed by atoms with E-state index < -0.39 is 0 Å². The van der Waals surface area contributed by atoms with E-state index in [1.807, 2.05) is 0 Å². The molecular weight excluding hydrogens is 154 g/mol. The highest BCUT2D eigenvalue weighted by atomic mass is 16.5. The first kappa shape index (κ1) is 8.05. The summed E-state index contributed by atoms with van der Waals surface area (Å²) in [5, 5.41) is 2.88. The summed E-state index contributed by atoms with van der Waals surface area (Å²) < 4.78 is 5.72. The Morgan fingerprint density at radius 1 is 1.33 bits per heavy atom. The average Bonchev–Trinajstić information content (AvgIpc) is 2.42. The van der Waals surface area contributed by atoms with Crippen molar-refractivity contribution in [1.82, 2.24) is 5.32 Å². The lowest BCUT2D eigenvalue weighted by Crippen LogP contribution is -2.28. The highest BCUT2D eigenvalue weighted by Crippen LogP contribution is 2.34. The lowest BCUT2D eigenvalue weighted by atomic mass is 9.92. The molecule has 2 rings (SSSR count).